The number of carbonyl (C=O) groups is 2. The number of hydrogen-bond acceptors (Lipinski definition) is 6. The van der Waals surface area contributed by atoms with Gasteiger partial charge in [-0.3, -0.25) is 9.59 Å². The van der Waals surface area contributed by atoms with Crippen molar-refractivity contribution in [2.75, 3.05) is 36.5 Å². The second-order valence-electron chi connectivity index (χ2n) is 6.15. The summed E-state index contributed by atoms with van der Waals surface area (Å²) in [6.45, 7) is 1.46. The molecule has 2 amide bonds. The lowest BCUT2D eigenvalue weighted by Gasteiger charge is -2.27. The number of rotatable bonds is 7. The number of benzene rings is 1. The zero-order valence-electron chi connectivity index (χ0n) is 14.5. The number of ether oxygens (including phenoxy) is 1. The van der Waals surface area contributed by atoms with Crippen LogP contribution >= 0.6 is 22.9 Å². The Morgan fingerprint density at radius 3 is 2.81 bits per heavy atom. The molecule has 2 heterocycles. The number of carbonyl (C=O) groups excluding carboxylic acids is 2. The van der Waals surface area contributed by atoms with Crippen molar-refractivity contribution in [1.82, 2.24) is 0 Å². The highest BCUT2D eigenvalue weighted by Crippen LogP contribution is 2.27. The van der Waals surface area contributed by atoms with Crippen molar-refractivity contribution in [3.05, 3.63) is 45.1 Å². The largest absolute Gasteiger partial charge is 0.391 e. The van der Waals surface area contributed by atoms with Crippen LogP contribution in [-0.2, 0) is 16.0 Å². The molecule has 4 N–H and O–H groups in total. The Kier molecular flexibility index (Phi) is 6.33. The van der Waals surface area contributed by atoms with Crippen LogP contribution in [0.3, 0.4) is 0 Å². The van der Waals surface area contributed by atoms with E-state index in [1.54, 1.807) is 11.0 Å². The lowest BCUT2D eigenvalue weighted by atomic mass is 10.1. The molecular formula is C18H20ClN3O4S. The normalized spacial score (nSPS) is 15.6. The minimum absolute atomic E-state index is 0.0583. The van der Waals surface area contributed by atoms with Crippen molar-refractivity contribution in [3.8, 4) is 0 Å². The zero-order valence-corrected chi connectivity index (χ0v) is 16.1. The molecule has 3 rings (SSSR count). The molecule has 1 aromatic heterocycles. The van der Waals surface area contributed by atoms with E-state index in [0.29, 0.717) is 34.5 Å². The van der Waals surface area contributed by atoms with Crippen molar-refractivity contribution in [2.45, 2.75) is 12.5 Å². The Labute approximate surface area is 165 Å². The highest BCUT2D eigenvalue weighted by molar-refractivity contribution is 7.18. The number of nitrogens with zero attached hydrogens (tertiary/aromatic N) is 1. The van der Waals surface area contributed by atoms with Gasteiger partial charge in [-0.2, -0.15) is 0 Å². The van der Waals surface area contributed by atoms with Crippen LogP contribution in [0.2, 0.25) is 4.34 Å². The standard InChI is InChI=1S/C18H20ClN3O4S/c19-15-8-11(17(27-15)18(20)25)7-14(23)9-21-12-1-3-13(4-2-12)22-5-6-26-10-16(22)24/h1-4,8,14,21,23H,5-7,9-10H2,(H2,20,25)/t14-/m1/s1. The Morgan fingerprint density at radius 2 is 2.15 bits per heavy atom. The molecular weight excluding hydrogens is 390 g/mol. The maximum Gasteiger partial charge on any atom is 0.259 e. The average Bonchev–Trinajstić information content (AvgIpc) is 3.01. The summed E-state index contributed by atoms with van der Waals surface area (Å²) in [7, 11) is 0. The van der Waals surface area contributed by atoms with E-state index < -0.39 is 12.0 Å². The quantitative estimate of drug-likeness (QED) is 0.647. The number of anilines is 2. The third-order valence-corrected chi connectivity index (χ3v) is 5.49. The number of thiophene rings is 1. The second-order valence-corrected chi connectivity index (χ2v) is 7.84. The summed E-state index contributed by atoms with van der Waals surface area (Å²) in [6.07, 6.45) is -0.441. The molecule has 1 aliphatic rings. The van der Waals surface area contributed by atoms with Gasteiger partial charge in [0, 0.05) is 30.9 Å². The lowest BCUT2D eigenvalue weighted by Crippen LogP contribution is -2.41. The first-order chi connectivity index (χ1) is 12.9. The number of hydrogen-bond donors (Lipinski definition) is 3. The van der Waals surface area contributed by atoms with Crippen molar-refractivity contribution in [1.29, 1.82) is 0 Å². The number of aliphatic hydroxyl groups excluding tert-OH is 1. The minimum Gasteiger partial charge on any atom is -0.391 e. The molecule has 0 unspecified atom stereocenters. The third kappa shape index (κ3) is 4.98. The van der Waals surface area contributed by atoms with Gasteiger partial charge in [-0.25, -0.2) is 0 Å². The van der Waals surface area contributed by atoms with Crippen LogP contribution in [0.5, 0.6) is 0 Å². The molecule has 7 nitrogen and oxygen atoms in total. The number of halogens is 1. The van der Waals surface area contributed by atoms with E-state index in [1.807, 2.05) is 24.3 Å². The van der Waals surface area contributed by atoms with Crippen molar-refractivity contribution >= 4 is 46.1 Å². The molecule has 144 valence electrons. The van der Waals surface area contributed by atoms with Crippen molar-refractivity contribution in [2.24, 2.45) is 5.73 Å². The van der Waals surface area contributed by atoms with Crippen LogP contribution in [0.1, 0.15) is 15.2 Å². The fourth-order valence-electron chi connectivity index (χ4n) is 2.87. The van der Waals surface area contributed by atoms with Crippen LogP contribution < -0.4 is 16.0 Å². The predicted octanol–water partition coefficient (Wildman–Crippen LogP) is 1.88. The van der Waals surface area contributed by atoms with Gasteiger partial charge in [0.1, 0.15) is 6.61 Å². The Morgan fingerprint density at radius 1 is 1.41 bits per heavy atom. The molecule has 1 aliphatic heterocycles. The van der Waals surface area contributed by atoms with Crippen LogP contribution in [0.25, 0.3) is 0 Å². The number of primary amides is 1. The van der Waals surface area contributed by atoms with Gasteiger partial charge in [-0.05, 0) is 35.9 Å². The summed E-state index contributed by atoms with van der Waals surface area (Å²) < 4.78 is 5.59. The van der Waals surface area contributed by atoms with Gasteiger partial charge in [0.15, 0.2) is 0 Å². The third-order valence-electron chi connectivity index (χ3n) is 4.16. The van der Waals surface area contributed by atoms with Crippen molar-refractivity contribution < 1.29 is 19.4 Å². The number of amides is 2. The molecule has 1 saturated heterocycles. The molecule has 0 aliphatic carbocycles. The molecule has 0 saturated carbocycles. The van der Waals surface area contributed by atoms with Gasteiger partial charge in [0.25, 0.3) is 11.8 Å². The van der Waals surface area contributed by atoms with E-state index in [1.165, 1.54) is 0 Å². The molecule has 1 aromatic carbocycles. The molecule has 1 fully saturated rings. The highest BCUT2D eigenvalue weighted by atomic mass is 35.5. The Hall–Kier alpha value is -2.13. The molecule has 0 spiro atoms. The molecule has 1 atom stereocenters. The summed E-state index contributed by atoms with van der Waals surface area (Å²) in [5.74, 6) is -0.604. The van der Waals surface area contributed by atoms with E-state index in [2.05, 4.69) is 5.32 Å². The SMILES string of the molecule is NC(=O)c1sc(Cl)cc1C[C@@H](O)CNc1ccc(N2CCOCC2=O)cc1. The molecule has 0 bridgehead atoms. The summed E-state index contributed by atoms with van der Waals surface area (Å²) >= 11 is 7.05. The van der Waals surface area contributed by atoms with Gasteiger partial charge in [-0.15, -0.1) is 11.3 Å². The number of aliphatic hydroxyl groups is 1. The van der Waals surface area contributed by atoms with Crippen LogP contribution in [0.15, 0.2) is 30.3 Å². The number of morpholine rings is 1. The number of nitrogens with one attached hydrogen (secondary N) is 1. The Bertz CT molecular complexity index is 825. The maximum atomic E-state index is 11.9. The highest BCUT2D eigenvalue weighted by Gasteiger charge is 2.20. The van der Waals surface area contributed by atoms with Gasteiger partial charge in [0.05, 0.1) is 21.9 Å². The summed E-state index contributed by atoms with van der Waals surface area (Å²) in [5.41, 5.74) is 7.61. The first-order valence-corrected chi connectivity index (χ1v) is 9.61. The van der Waals surface area contributed by atoms with E-state index in [0.717, 1.165) is 22.7 Å². The van der Waals surface area contributed by atoms with Crippen LogP contribution in [-0.4, -0.2) is 49.3 Å². The van der Waals surface area contributed by atoms with Crippen molar-refractivity contribution in [3.63, 3.8) is 0 Å². The van der Waals surface area contributed by atoms with Gasteiger partial charge in [0.2, 0.25) is 0 Å². The first-order valence-electron chi connectivity index (χ1n) is 8.42. The van der Waals surface area contributed by atoms with Gasteiger partial charge in [-0.1, -0.05) is 11.6 Å². The lowest BCUT2D eigenvalue weighted by molar-refractivity contribution is -0.125. The van der Waals surface area contributed by atoms with E-state index in [9.17, 15) is 14.7 Å². The monoisotopic (exact) mass is 409 g/mol. The molecule has 2 aromatic rings. The van der Waals surface area contributed by atoms with Crippen LogP contribution in [0, 0.1) is 0 Å². The topological polar surface area (TPSA) is 105 Å². The first kappa shape index (κ1) is 19.6. The molecule has 9 heteroatoms. The molecule has 27 heavy (non-hydrogen) atoms. The number of nitrogens with two attached hydrogens (primary N) is 1. The fourth-order valence-corrected chi connectivity index (χ4v) is 4.00. The maximum absolute atomic E-state index is 11.9. The zero-order chi connectivity index (χ0) is 19.4. The minimum atomic E-state index is -0.714. The Balaban J connectivity index is 1.55. The van der Waals surface area contributed by atoms with Gasteiger partial charge < -0.3 is 25.8 Å². The summed E-state index contributed by atoms with van der Waals surface area (Å²) in [6, 6.07) is 9.05. The molecule has 0 radical (unpaired) electrons. The second kappa shape index (κ2) is 8.71. The van der Waals surface area contributed by atoms with E-state index in [4.69, 9.17) is 22.1 Å². The fraction of sp³-hybridized carbons (Fsp3) is 0.333. The summed E-state index contributed by atoms with van der Waals surface area (Å²) in [5, 5.41) is 13.4. The average molecular weight is 410 g/mol. The van der Waals surface area contributed by atoms with Gasteiger partial charge >= 0.3 is 0 Å². The predicted molar refractivity (Wildman–Crippen MR) is 106 cm³/mol. The summed E-state index contributed by atoms with van der Waals surface area (Å²) in [4.78, 5) is 25.3. The van der Waals surface area contributed by atoms with Crippen LogP contribution in [0.4, 0.5) is 11.4 Å². The van der Waals surface area contributed by atoms with E-state index in [-0.39, 0.29) is 18.9 Å². The van der Waals surface area contributed by atoms with E-state index >= 15 is 0 Å². The smallest absolute Gasteiger partial charge is 0.259 e.